The summed E-state index contributed by atoms with van der Waals surface area (Å²) in [6.45, 7) is 0. The summed E-state index contributed by atoms with van der Waals surface area (Å²) in [5.41, 5.74) is 9.30. The molecule has 10 aromatic carbocycles. The van der Waals surface area contributed by atoms with Gasteiger partial charge in [-0.3, -0.25) is 0 Å². The molecule has 0 unspecified atom stereocenters. The van der Waals surface area contributed by atoms with E-state index in [1.807, 2.05) is 6.07 Å². The van der Waals surface area contributed by atoms with Crippen LogP contribution in [-0.2, 0) is 0 Å². The van der Waals surface area contributed by atoms with Crippen molar-refractivity contribution < 1.29 is 4.42 Å². The van der Waals surface area contributed by atoms with Crippen LogP contribution in [0.15, 0.2) is 186 Å². The van der Waals surface area contributed by atoms with Gasteiger partial charge in [-0.05, 0) is 100 Å². The molecule has 51 heavy (non-hydrogen) atoms. The zero-order valence-corrected chi connectivity index (χ0v) is 27.7. The summed E-state index contributed by atoms with van der Waals surface area (Å²) in [4.78, 5) is 0. The molecule has 1 nitrogen and oxygen atoms in total. The van der Waals surface area contributed by atoms with Crippen molar-refractivity contribution in [1.82, 2.24) is 0 Å². The van der Waals surface area contributed by atoms with Crippen molar-refractivity contribution in [2.45, 2.75) is 0 Å². The lowest BCUT2D eigenvalue weighted by atomic mass is 9.84. The molecule has 0 radical (unpaired) electrons. The van der Waals surface area contributed by atoms with E-state index in [1.54, 1.807) is 0 Å². The Morgan fingerprint density at radius 1 is 0.275 bits per heavy atom. The topological polar surface area (TPSA) is 13.1 Å². The highest BCUT2D eigenvalue weighted by atomic mass is 16.3. The second-order valence-electron chi connectivity index (χ2n) is 13.6. The molecule has 1 aromatic heterocycles. The predicted octanol–water partition coefficient (Wildman–Crippen LogP) is 14.4. The number of benzene rings is 10. The Morgan fingerprint density at radius 3 is 1.41 bits per heavy atom. The Hall–Kier alpha value is -6.70. The van der Waals surface area contributed by atoms with E-state index in [-0.39, 0.29) is 0 Å². The largest absolute Gasteiger partial charge is 0.455 e. The van der Waals surface area contributed by atoms with E-state index in [0.717, 1.165) is 27.3 Å². The molecule has 0 saturated carbocycles. The predicted molar refractivity (Wildman–Crippen MR) is 218 cm³/mol. The minimum Gasteiger partial charge on any atom is -0.455 e. The molecule has 0 fully saturated rings. The highest BCUT2D eigenvalue weighted by Crippen LogP contribution is 2.48. The highest BCUT2D eigenvalue weighted by molar-refractivity contribution is 6.27. The molecule has 236 valence electrons. The van der Waals surface area contributed by atoms with Crippen molar-refractivity contribution in [1.29, 1.82) is 0 Å². The first kappa shape index (κ1) is 28.2. The van der Waals surface area contributed by atoms with Gasteiger partial charge < -0.3 is 4.42 Å². The number of furan rings is 1. The third kappa shape index (κ3) is 4.16. The molecular weight excluding hydrogens is 617 g/mol. The van der Waals surface area contributed by atoms with Crippen LogP contribution in [0.4, 0.5) is 0 Å². The maximum absolute atomic E-state index is 6.49. The lowest BCUT2D eigenvalue weighted by Crippen LogP contribution is -1.92. The van der Waals surface area contributed by atoms with Gasteiger partial charge in [-0.1, -0.05) is 164 Å². The van der Waals surface area contributed by atoms with Crippen LogP contribution >= 0.6 is 0 Å². The quantitative estimate of drug-likeness (QED) is 0.138. The minimum atomic E-state index is 0.917. The zero-order chi connectivity index (χ0) is 33.5. The van der Waals surface area contributed by atoms with Crippen molar-refractivity contribution in [2.24, 2.45) is 0 Å². The summed E-state index contributed by atoms with van der Waals surface area (Å²) in [6, 6.07) is 66.3. The number of para-hydroxylation sites is 1. The fourth-order valence-electron chi connectivity index (χ4n) is 8.59. The second kappa shape index (κ2) is 10.9. The smallest absolute Gasteiger partial charge is 0.143 e. The fourth-order valence-corrected chi connectivity index (χ4v) is 8.59. The van der Waals surface area contributed by atoms with Crippen LogP contribution in [0.5, 0.6) is 0 Å². The van der Waals surface area contributed by atoms with Crippen molar-refractivity contribution in [2.75, 3.05) is 0 Å². The van der Waals surface area contributed by atoms with E-state index in [4.69, 9.17) is 4.42 Å². The average molecular weight is 647 g/mol. The monoisotopic (exact) mass is 646 g/mol. The third-order valence-electron chi connectivity index (χ3n) is 10.8. The molecule has 0 spiro atoms. The van der Waals surface area contributed by atoms with Gasteiger partial charge in [0.2, 0.25) is 0 Å². The number of rotatable bonds is 3. The average Bonchev–Trinajstić information content (AvgIpc) is 3.58. The normalized spacial score (nSPS) is 11.9. The summed E-state index contributed by atoms with van der Waals surface area (Å²) in [6.07, 6.45) is 0. The standard InChI is InChI=1S/C50H30O/c1-2-14-34-33(13-1)29-44(36-16-4-3-15-35(34)36)31-25-27-32(28-26-31)48-39-19-6-8-21-41(39)49(42-22-9-7-20-40(42)48)45-30-46-38-18-11-12-24-47(38)51-50(46)43-23-10-5-17-37(43)45/h1-30H. The Labute approximate surface area is 294 Å². The van der Waals surface area contributed by atoms with E-state index in [1.165, 1.54) is 81.9 Å². The number of hydrogen-bond donors (Lipinski definition) is 0. The van der Waals surface area contributed by atoms with Gasteiger partial charge in [0.15, 0.2) is 0 Å². The lowest BCUT2D eigenvalue weighted by molar-refractivity contribution is 0.672. The first-order valence-corrected chi connectivity index (χ1v) is 17.6. The SMILES string of the molecule is c1ccc2c(c1)cc(-c1ccc(-c3c4ccccc4c(-c4cc5c6ccccc6oc5c5ccccc45)c4ccccc34)cc1)c1ccccc12. The molecule has 0 N–H and O–H groups in total. The van der Waals surface area contributed by atoms with Crippen molar-refractivity contribution in [3.63, 3.8) is 0 Å². The van der Waals surface area contributed by atoms with E-state index in [2.05, 4.69) is 176 Å². The van der Waals surface area contributed by atoms with Gasteiger partial charge in [-0.15, -0.1) is 0 Å². The van der Waals surface area contributed by atoms with Crippen LogP contribution in [0.1, 0.15) is 0 Å². The van der Waals surface area contributed by atoms with Crippen LogP contribution < -0.4 is 0 Å². The van der Waals surface area contributed by atoms with Crippen LogP contribution in [0, 0.1) is 0 Å². The molecule has 11 rings (SSSR count). The molecule has 0 bridgehead atoms. The van der Waals surface area contributed by atoms with Crippen molar-refractivity contribution in [3.05, 3.63) is 182 Å². The maximum atomic E-state index is 6.49. The van der Waals surface area contributed by atoms with Gasteiger partial charge in [0, 0.05) is 16.2 Å². The molecule has 0 aliphatic carbocycles. The van der Waals surface area contributed by atoms with E-state index in [0.29, 0.717) is 0 Å². The third-order valence-corrected chi connectivity index (χ3v) is 10.8. The molecular formula is C50H30O. The van der Waals surface area contributed by atoms with Crippen LogP contribution in [0.3, 0.4) is 0 Å². The summed E-state index contributed by atoms with van der Waals surface area (Å²) in [5.74, 6) is 0. The fraction of sp³-hybridized carbons (Fsp3) is 0. The summed E-state index contributed by atoms with van der Waals surface area (Å²) in [5, 5.41) is 14.7. The number of hydrogen-bond acceptors (Lipinski definition) is 1. The first-order chi connectivity index (χ1) is 25.3. The molecule has 11 aromatic rings. The Morgan fingerprint density at radius 2 is 0.745 bits per heavy atom. The van der Waals surface area contributed by atoms with Crippen molar-refractivity contribution >= 4 is 75.8 Å². The van der Waals surface area contributed by atoms with Gasteiger partial charge >= 0.3 is 0 Å². The van der Waals surface area contributed by atoms with E-state index in [9.17, 15) is 0 Å². The number of fused-ring (bicyclic) bond motifs is 10. The van der Waals surface area contributed by atoms with Crippen LogP contribution in [0.25, 0.3) is 109 Å². The molecule has 0 aliphatic rings. The molecule has 1 heteroatoms. The Bertz CT molecular complexity index is 3120. The summed E-state index contributed by atoms with van der Waals surface area (Å²) < 4.78 is 6.49. The molecule has 0 aliphatic heterocycles. The lowest BCUT2D eigenvalue weighted by Gasteiger charge is -2.19. The van der Waals surface area contributed by atoms with Gasteiger partial charge in [0.1, 0.15) is 11.2 Å². The molecule has 0 saturated heterocycles. The molecule has 1 heterocycles. The first-order valence-electron chi connectivity index (χ1n) is 17.6. The zero-order valence-electron chi connectivity index (χ0n) is 27.7. The molecule has 0 amide bonds. The van der Waals surface area contributed by atoms with Gasteiger partial charge in [0.25, 0.3) is 0 Å². The van der Waals surface area contributed by atoms with Crippen LogP contribution in [0.2, 0.25) is 0 Å². The summed E-state index contributed by atoms with van der Waals surface area (Å²) in [7, 11) is 0. The van der Waals surface area contributed by atoms with Crippen molar-refractivity contribution in [3.8, 4) is 33.4 Å². The summed E-state index contributed by atoms with van der Waals surface area (Å²) >= 11 is 0. The highest BCUT2D eigenvalue weighted by Gasteiger charge is 2.21. The second-order valence-corrected chi connectivity index (χ2v) is 13.6. The van der Waals surface area contributed by atoms with Gasteiger partial charge in [-0.2, -0.15) is 0 Å². The van der Waals surface area contributed by atoms with E-state index < -0.39 is 0 Å². The minimum absolute atomic E-state index is 0.917. The maximum Gasteiger partial charge on any atom is 0.143 e. The van der Waals surface area contributed by atoms with Gasteiger partial charge in [0.05, 0.1) is 0 Å². The van der Waals surface area contributed by atoms with Gasteiger partial charge in [-0.25, -0.2) is 0 Å². The molecule has 0 atom stereocenters. The van der Waals surface area contributed by atoms with Crippen LogP contribution in [-0.4, -0.2) is 0 Å². The van der Waals surface area contributed by atoms with E-state index >= 15 is 0 Å². The Kier molecular flexibility index (Phi) is 6.02. The Balaban J connectivity index is 1.17.